The Labute approximate surface area is 194 Å². The fourth-order valence-corrected chi connectivity index (χ4v) is 4.41. The molecule has 2 heterocycles. The molecule has 0 saturated carbocycles. The SMILES string of the molecule is O=C(c1ccc(Cl)c(NS(=O)(=O)c2ccc(F)cc2)c1)N(Cc1ccco1)Cc1ccco1. The van der Waals surface area contributed by atoms with Crippen LogP contribution in [0.15, 0.2) is 93.0 Å². The smallest absolute Gasteiger partial charge is 0.261 e. The van der Waals surface area contributed by atoms with E-state index >= 15 is 0 Å². The van der Waals surface area contributed by atoms with Crippen LogP contribution >= 0.6 is 11.6 Å². The molecular weight excluding hydrogens is 471 g/mol. The number of hydrogen-bond donors (Lipinski definition) is 1. The number of carbonyl (C=O) groups is 1. The molecule has 170 valence electrons. The molecule has 1 N–H and O–H groups in total. The molecule has 0 unspecified atom stereocenters. The van der Waals surface area contributed by atoms with E-state index < -0.39 is 15.8 Å². The van der Waals surface area contributed by atoms with E-state index in [9.17, 15) is 17.6 Å². The Morgan fingerprint density at radius 1 is 0.939 bits per heavy atom. The average Bonchev–Trinajstić information content (AvgIpc) is 3.49. The Morgan fingerprint density at radius 2 is 1.55 bits per heavy atom. The van der Waals surface area contributed by atoms with E-state index in [1.807, 2.05) is 0 Å². The number of benzene rings is 2. The summed E-state index contributed by atoms with van der Waals surface area (Å²) in [6.45, 7) is 0.345. The third kappa shape index (κ3) is 5.44. The summed E-state index contributed by atoms with van der Waals surface area (Å²) in [5.74, 6) is 0.191. The number of nitrogens with zero attached hydrogens (tertiary/aromatic N) is 1. The van der Waals surface area contributed by atoms with Crippen LogP contribution in [0.5, 0.6) is 0 Å². The Kier molecular flexibility index (Phi) is 6.52. The van der Waals surface area contributed by atoms with Gasteiger partial charge in [0.25, 0.3) is 15.9 Å². The predicted molar refractivity (Wildman–Crippen MR) is 120 cm³/mol. The molecule has 0 aliphatic carbocycles. The van der Waals surface area contributed by atoms with Crippen molar-refractivity contribution in [2.45, 2.75) is 18.0 Å². The topological polar surface area (TPSA) is 92.8 Å². The Bertz CT molecular complexity index is 1300. The first-order valence-electron chi connectivity index (χ1n) is 9.74. The minimum Gasteiger partial charge on any atom is -0.467 e. The van der Waals surface area contributed by atoms with Gasteiger partial charge in [-0.2, -0.15) is 0 Å². The maximum Gasteiger partial charge on any atom is 0.261 e. The molecule has 0 saturated heterocycles. The van der Waals surface area contributed by atoms with Crippen LogP contribution in [0, 0.1) is 5.82 Å². The van der Waals surface area contributed by atoms with Crippen LogP contribution in [0.25, 0.3) is 0 Å². The molecule has 2 aromatic heterocycles. The molecule has 4 aromatic rings. The van der Waals surface area contributed by atoms with E-state index in [2.05, 4.69) is 4.72 Å². The van der Waals surface area contributed by atoms with E-state index in [4.69, 9.17) is 20.4 Å². The van der Waals surface area contributed by atoms with Crippen molar-refractivity contribution in [2.24, 2.45) is 0 Å². The summed E-state index contributed by atoms with van der Waals surface area (Å²) in [6.07, 6.45) is 3.02. The number of furan rings is 2. The molecule has 0 fully saturated rings. The van der Waals surface area contributed by atoms with Crippen LogP contribution in [0.3, 0.4) is 0 Å². The molecule has 0 radical (unpaired) electrons. The van der Waals surface area contributed by atoms with Gasteiger partial charge in [-0.05, 0) is 66.7 Å². The summed E-state index contributed by atoms with van der Waals surface area (Å²) < 4.78 is 51.6. The zero-order chi connectivity index (χ0) is 23.4. The van der Waals surface area contributed by atoms with Crippen LogP contribution in [-0.2, 0) is 23.1 Å². The first-order chi connectivity index (χ1) is 15.8. The summed E-state index contributed by atoms with van der Waals surface area (Å²) in [5, 5.41) is 0.0980. The number of halogens is 2. The predicted octanol–water partition coefficient (Wildman–Crippen LogP) is 5.31. The summed E-state index contributed by atoms with van der Waals surface area (Å²) >= 11 is 6.19. The van der Waals surface area contributed by atoms with Crippen molar-refractivity contribution < 1.29 is 26.4 Å². The Hall–Kier alpha value is -3.56. The minimum atomic E-state index is -4.05. The monoisotopic (exact) mass is 488 g/mol. The zero-order valence-corrected chi connectivity index (χ0v) is 18.6. The molecule has 0 atom stereocenters. The van der Waals surface area contributed by atoms with Gasteiger partial charge in [-0.15, -0.1) is 0 Å². The second-order valence-corrected chi connectivity index (χ2v) is 9.16. The van der Waals surface area contributed by atoms with Crippen LogP contribution in [-0.4, -0.2) is 19.2 Å². The lowest BCUT2D eigenvalue weighted by Crippen LogP contribution is -2.30. The second-order valence-electron chi connectivity index (χ2n) is 7.07. The van der Waals surface area contributed by atoms with Crippen LogP contribution in [0.1, 0.15) is 21.9 Å². The second kappa shape index (κ2) is 9.51. The molecule has 0 aliphatic heterocycles. The average molecular weight is 489 g/mol. The van der Waals surface area contributed by atoms with Gasteiger partial charge in [-0.1, -0.05) is 11.6 Å². The van der Waals surface area contributed by atoms with Gasteiger partial charge in [-0.3, -0.25) is 9.52 Å². The maximum absolute atomic E-state index is 13.3. The van der Waals surface area contributed by atoms with Gasteiger partial charge in [0.1, 0.15) is 17.3 Å². The van der Waals surface area contributed by atoms with Crippen LogP contribution in [0.4, 0.5) is 10.1 Å². The Morgan fingerprint density at radius 3 is 2.09 bits per heavy atom. The molecule has 0 spiro atoms. The number of rotatable bonds is 8. The van der Waals surface area contributed by atoms with E-state index in [1.54, 1.807) is 24.3 Å². The van der Waals surface area contributed by atoms with Crippen LogP contribution in [0.2, 0.25) is 5.02 Å². The number of sulfonamides is 1. The maximum atomic E-state index is 13.3. The van der Waals surface area contributed by atoms with Gasteiger partial charge < -0.3 is 13.7 Å². The van der Waals surface area contributed by atoms with Crippen molar-refractivity contribution in [1.29, 1.82) is 0 Å². The molecule has 1 amide bonds. The molecule has 0 bridgehead atoms. The Balaban J connectivity index is 1.61. The van der Waals surface area contributed by atoms with Crippen LogP contribution < -0.4 is 4.72 Å². The number of hydrogen-bond acceptors (Lipinski definition) is 5. The lowest BCUT2D eigenvalue weighted by atomic mass is 10.1. The van der Waals surface area contributed by atoms with Crippen molar-refractivity contribution in [1.82, 2.24) is 4.90 Å². The van der Waals surface area contributed by atoms with Crippen molar-refractivity contribution >= 4 is 33.2 Å². The molecule has 33 heavy (non-hydrogen) atoms. The molecule has 0 aliphatic rings. The summed E-state index contributed by atoms with van der Waals surface area (Å²) in [6, 6.07) is 15.5. The molecule has 10 heteroatoms. The molecular formula is C23H18ClFN2O5S. The standard InChI is InChI=1S/C23H18ClFN2O5S/c24-21-10-5-16(13-22(21)26-33(29,30)20-8-6-17(25)7-9-20)23(28)27(14-18-3-1-11-31-18)15-19-4-2-12-32-19/h1-13,26H,14-15H2. The number of anilines is 1. The first kappa shape index (κ1) is 22.6. The van der Waals surface area contributed by atoms with E-state index in [1.165, 1.54) is 35.6 Å². The quantitative estimate of drug-likeness (QED) is 0.363. The van der Waals surface area contributed by atoms with Gasteiger partial charge >= 0.3 is 0 Å². The zero-order valence-electron chi connectivity index (χ0n) is 17.1. The number of amides is 1. The summed E-state index contributed by atoms with van der Waals surface area (Å²) in [5.41, 5.74) is 0.220. The van der Waals surface area contributed by atoms with E-state index in [0.29, 0.717) is 11.5 Å². The molecule has 7 nitrogen and oxygen atoms in total. The van der Waals surface area contributed by atoms with Gasteiger partial charge in [-0.25, -0.2) is 12.8 Å². The summed E-state index contributed by atoms with van der Waals surface area (Å²) in [7, 11) is -4.05. The van der Waals surface area contributed by atoms with Crippen molar-refractivity contribution in [3.05, 3.63) is 107 Å². The summed E-state index contributed by atoms with van der Waals surface area (Å²) in [4.78, 5) is 14.7. The highest BCUT2D eigenvalue weighted by Gasteiger charge is 2.22. The number of carbonyl (C=O) groups excluding carboxylic acids is 1. The van der Waals surface area contributed by atoms with Gasteiger partial charge in [0.2, 0.25) is 0 Å². The van der Waals surface area contributed by atoms with Gasteiger partial charge in [0.15, 0.2) is 0 Å². The largest absolute Gasteiger partial charge is 0.467 e. The van der Waals surface area contributed by atoms with E-state index in [0.717, 1.165) is 24.3 Å². The highest BCUT2D eigenvalue weighted by Crippen LogP contribution is 2.27. The third-order valence-electron chi connectivity index (χ3n) is 4.72. The fraction of sp³-hybridized carbons (Fsp3) is 0.0870. The highest BCUT2D eigenvalue weighted by molar-refractivity contribution is 7.92. The number of nitrogens with one attached hydrogen (secondary N) is 1. The van der Waals surface area contributed by atoms with E-state index in [-0.39, 0.29) is 40.2 Å². The van der Waals surface area contributed by atoms with Gasteiger partial charge in [0.05, 0.1) is 41.2 Å². The molecule has 2 aromatic carbocycles. The first-order valence-corrected chi connectivity index (χ1v) is 11.6. The molecule has 4 rings (SSSR count). The van der Waals surface area contributed by atoms with Crippen molar-refractivity contribution in [3.8, 4) is 0 Å². The third-order valence-corrected chi connectivity index (χ3v) is 6.43. The lowest BCUT2D eigenvalue weighted by molar-refractivity contribution is 0.0705. The normalized spacial score (nSPS) is 11.3. The highest BCUT2D eigenvalue weighted by atomic mass is 35.5. The fourth-order valence-electron chi connectivity index (χ4n) is 3.12. The van der Waals surface area contributed by atoms with Crippen molar-refractivity contribution in [3.63, 3.8) is 0 Å². The van der Waals surface area contributed by atoms with Crippen molar-refractivity contribution in [2.75, 3.05) is 4.72 Å². The van der Waals surface area contributed by atoms with Gasteiger partial charge in [0, 0.05) is 5.56 Å². The lowest BCUT2D eigenvalue weighted by Gasteiger charge is -2.21. The minimum absolute atomic E-state index is 0.0165.